The number of unbranched alkanes of at least 4 members (excludes halogenated alkanes) is 28. The van der Waals surface area contributed by atoms with E-state index in [0.29, 0.717) is 12.8 Å². The molecule has 0 aromatic rings. The second kappa shape index (κ2) is 31.9. The van der Waals surface area contributed by atoms with Crippen LogP contribution in [0.25, 0.3) is 0 Å². The van der Waals surface area contributed by atoms with Crippen LogP contribution in [-0.4, -0.2) is 11.6 Å². The molecule has 0 fully saturated rings. The van der Waals surface area contributed by atoms with Crippen LogP contribution in [0.2, 0.25) is 0 Å². The maximum Gasteiger partial charge on any atom is 0.146 e. The number of carbonyl (C=O) groups is 2. The van der Waals surface area contributed by atoms with Crippen LogP contribution in [0.3, 0.4) is 0 Å². The van der Waals surface area contributed by atoms with Crippen molar-refractivity contribution in [3.63, 3.8) is 0 Å². The van der Waals surface area contributed by atoms with Crippen molar-refractivity contribution < 1.29 is 9.59 Å². The number of hydrogen-bond donors (Lipinski definition) is 1. The lowest BCUT2D eigenvalue weighted by Gasteiger charge is -2.39. The average molecular weight is 636 g/mol. The van der Waals surface area contributed by atoms with E-state index in [4.69, 9.17) is 0 Å². The first kappa shape index (κ1) is 46.4. The third-order valence-corrected chi connectivity index (χ3v) is 10.6. The Labute approximate surface area is 284 Å². The van der Waals surface area contributed by atoms with Gasteiger partial charge in [0.15, 0.2) is 0 Å². The van der Waals surface area contributed by atoms with Gasteiger partial charge in [-0.2, -0.15) is 0 Å². The van der Waals surface area contributed by atoms with Gasteiger partial charge in [0.25, 0.3) is 0 Å². The minimum atomic E-state index is -0.848. The zero-order chi connectivity index (χ0) is 32.8. The van der Waals surface area contributed by atoms with E-state index in [1.807, 2.05) is 6.92 Å². The van der Waals surface area contributed by atoms with Crippen LogP contribution in [0.4, 0.5) is 0 Å². The topological polar surface area (TPSA) is 69.1 Å². The highest BCUT2D eigenvalue weighted by Gasteiger charge is 2.48. The molecule has 0 saturated heterocycles. The molecule has 3 heteroatoms. The molecule has 270 valence electrons. The summed E-state index contributed by atoms with van der Waals surface area (Å²) >= 11 is 0. The molecule has 0 atom stereocenters. The van der Waals surface area contributed by atoms with Crippen molar-refractivity contribution in [1.82, 2.24) is 6.15 Å². The monoisotopic (exact) mass is 636 g/mol. The van der Waals surface area contributed by atoms with Gasteiger partial charge in [-0.1, -0.05) is 214 Å². The van der Waals surface area contributed by atoms with E-state index in [9.17, 15) is 9.59 Å². The summed E-state index contributed by atoms with van der Waals surface area (Å²) in [7, 11) is 0. The van der Waals surface area contributed by atoms with Crippen molar-refractivity contribution in [3.05, 3.63) is 0 Å². The summed E-state index contributed by atoms with van der Waals surface area (Å²) in [6.07, 6.45) is 41.0. The number of ketones is 2. The van der Waals surface area contributed by atoms with Gasteiger partial charge >= 0.3 is 0 Å². The van der Waals surface area contributed by atoms with Crippen LogP contribution in [0.5, 0.6) is 0 Å². The van der Waals surface area contributed by atoms with Crippen molar-refractivity contribution in [1.29, 1.82) is 0 Å². The molecular formula is C42H85NO2. The molecule has 0 spiro atoms. The van der Waals surface area contributed by atoms with Gasteiger partial charge in [-0.15, -0.1) is 0 Å². The Morgan fingerprint density at radius 2 is 0.511 bits per heavy atom. The fourth-order valence-electron chi connectivity index (χ4n) is 6.81. The van der Waals surface area contributed by atoms with Gasteiger partial charge < -0.3 is 6.15 Å². The maximum absolute atomic E-state index is 13.4. The second-order valence-corrected chi connectivity index (χ2v) is 15.6. The lowest BCUT2D eigenvalue weighted by atomic mass is 9.61. The predicted octanol–water partition coefficient (Wildman–Crippen LogP) is 14.9. The first-order valence-corrected chi connectivity index (χ1v) is 20.3. The number of carbonyl (C=O) groups excluding carboxylic acids is 2. The lowest BCUT2D eigenvalue weighted by Crippen LogP contribution is -2.47. The zero-order valence-corrected chi connectivity index (χ0v) is 32.2. The quantitative estimate of drug-likeness (QED) is 0.0565. The third kappa shape index (κ3) is 25.0. The van der Waals surface area contributed by atoms with Crippen LogP contribution < -0.4 is 6.15 Å². The summed E-state index contributed by atoms with van der Waals surface area (Å²) in [4.78, 5) is 26.9. The molecule has 3 nitrogen and oxygen atoms in total. The molecule has 0 aromatic carbocycles. The first-order valence-electron chi connectivity index (χ1n) is 20.3. The van der Waals surface area contributed by atoms with Gasteiger partial charge in [-0.25, -0.2) is 0 Å². The minimum absolute atomic E-state index is 0. The second-order valence-electron chi connectivity index (χ2n) is 15.6. The van der Waals surface area contributed by atoms with Crippen molar-refractivity contribution in [2.75, 3.05) is 0 Å². The van der Waals surface area contributed by atoms with Crippen molar-refractivity contribution in [2.45, 2.75) is 247 Å². The normalized spacial score (nSPS) is 12.0. The molecule has 0 amide bonds. The molecule has 45 heavy (non-hydrogen) atoms. The molecular weight excluding hydrogens is 550 g/mol. The Hall–Kier alpha value is -0.700. The molecule has 0 aliphatic heterocycles. The van der Waals surface area contributed by atoms with Crippen molar-refractivity contribution in [2.24, 2.45) is 10.8 Å². The van der Waals surface area contributed by atoms with E-state index in [1.54, 1.807) is 0 Å². The zero-order valence-electron chi connectivity index (χ0n) is 32.2. The fraction of sp³-hybridized carbons (Fsp3) is 0.952. The van der Waals surface area contributed by atoms with Crippen LogP contribution in [0.1, 0.15) is 247 Å². The van der Waals surface area contributed by atoms with Gasteiger partial charge in [0, 0.05) is 12.8 Å². The Bertz CT molecular complexity index is 604. The Morgan fingerprint density at radius 3 is 0.689 bits per heavy atom. The molecule has 0 rings (SSSR count). The molecule has 0 aliphatic carbocycles. The molecule has 0 saturated carbocycles. The summed E-state index contributed by atoms with van der Waals surface area (Å²) in [5.74, 6) is 0.372. The molecule has 0 unspecified atom stereocenters. The highest BCUT2D eigenvalue weighted by atomic mass is 16.2. The largest absolute Gasteiger partial charge is 0.344 e. The Kier molecular flexibility index (Phi) is 32.9. The van der Waals surface area contributed by atoms with Gasteiger partial charge in [-0.3, -0.25) is 9.59 Å². The smallest absolute Gasteiger partial charge is 0.146 e. The minimum Gasteiger partial charge on any atom is -0.344 e. The van der Waals surface area contributed by atoms with Crippen molar-refractivity contribution >= 4 is 11.6 Å². The summed E-state index contributed by atoms with van der Waals surface area (Å²) in [5.41, 5.74) is -1.18. The van der Waals surface area contributed by atoms with E-state index in [0.717, 1.165) is 25.7 Å². The highest BCUT2D eigenvalue weighted by molar-refractivity contribution is 6.07. The predicted molar refractivity (Wildman–Crippen MR) is 202 cm³/mol. The lowest BCUT2D eigenvalue weighted by molar-refractivity contribution is -0.147. The molecule has 0 aromatic heterocycles. The summed E-state index contributed by atoms with van der Waals surface area (Å²) in [6.45, 7) is 12.8. The first-order chi connectivity index (χ1) is 21.2. The molecule has 0 aliphatic rings. The van der Waals surface area contributed by atoms with Gasteiger partial charge in [-0.05, 0) is 25.2 Å². The standard InChI is InChI=1S/C42H82O2.H3N/c1-7-9-11-13-15-17-19-21-23-25-27-29-31-33-35-37-39(43)42(6,41(3,4)5)40(44)38-36-34-32-30-28-26-24-22-20-18-16-14-12-10-8-2;/h7-38H2,1-6H3;1H3. The van der Waals surface area contributed by atoms with E-state index in [-0.39, 0.29) is 23.1 Å². The van der Waals surface area contributed by atoms with Crippen LogP contribution >= 0.6 is 0 Å². The van der Waals surface area contributed by atoms with E-state index in [1.165, 1.54) is 167 Å². The van der Waals surface area contributed by atoms with E-state index < -0.39 is 5.41 Å². The van der Waals surface area contributed by atoms with Crippen LogP contribution in [-0.2, 0) is 9.59 Å². The Balaban J connectivity index is 0. The molecule has 0 radical (unpaired) electrons. The Morgan fingerprint density at radius 1 is 0.333 bits per heavy atom. The van der Waals surface area contributed by atoms with E-state index in [2.05, 4.69) is 34.6 Å². The third-order valence-electron chi connectivity index (χ3n) is 10.6. The summed E-state index contributed by atoms with van der Waals surface area (Å²) < 4.78 is 0. The number of rotatable bonds is 34. The summed E-state index contributed by atoms with van der Waals surface area (Å²) in [6, 6.07) is 0. The SMILES string of the molecule is CCCCCCCCCCCCCCCCCC(=O)C(C)(C(=O)CCCCCCCCCCCCCCCCC)C(C)(C)C.N. The van der Waals surface area contributed by atoms with Gasteiger partial charge in [0.05, 0.1) is 5.41 Å². The van der Waals surface area contributed by atoms with E-state index >= 15 is 0 Å². The van der Waals surface area contributed by atoms with Crippen molar-refractivity contribution in [3.8, 4) is 0 Å². The van der Waals surface area contributed by atoms with Crippen LogP contribution in [0.15, 0.2) is 0 Å². The maximum atomic E-state index is 13.4. The molecule has 0 bridgehead atoms. The number of hydrogen-bond acceptors (Lipinski definition) is 3. The van der Waals surface area contributed by atoms with Crippen LogP contribution in [0, 0.1) is 10.8 Å². The average Bonchev–Trinajstić information content (AvgIpc) is 2.99. The number of Topliss-reactive ketones (excluding diaryl/α,β-unsaturated/α-hetero) is 2. The summed E-state index contributed by atoms with van der Waals surface area (Å²) in [5, 5.41) is 0. The fourth-order valence-corrected chi connectivity index (χ4v) is 6.81. The highest BCUT2D eigenvalue weighted by Crippen LogP contribution is 2.42. The van der Waals surface area contributed by atoms with Gasteiger partial charge in [0.2, 0.25) is 0 Å². The van der Waals surface area contributed by atoms with Gasteiger partial charge in [0.1, 0.15) is 11.6 Å². The molecule has 0 heterocycles. The molecule has 3 N–H and O–H groups in total.